The molecule has 3 aromatic carbocycles. The SMILES string of the molecule is CCCNC(=O)C(C)N(Cc1cccc(Cl)c1)C(=O)CN(c1cccc(C(F)(F)F)c1)S(=O)(=O)c1ccccc1. The number of hydrogen-bond donors (Lipinski definition) is 1. The number of halogens is 4. The predicted octanol–water partition coefficient (Wildman–Crippen LogP) is 5.50. The van der Waals surface area contributed by atoms with Crippen LogP contribution < -0.4 is 9.62 Å². The summed E-state index contributed by atoms with van der Waals surface area (Å²) in [4.78, 5) is 27.6. The van der Waals surface area contributed by atoms with Gasteiger partial charge in [0.15, 0.2) is 0 Å². The lowest BCUT2D eigenvalue weighted by Gasteiger charge is -2.32. The summed E-state index contributed by atoms with van der Waals surface area (Å²) in [6, 6.07) is 16.4. The smallest absolute Gasteiger partial charge is 0.354 e. The highest BCUT2D eigenvalue weighted by Gasteiger charge is 2.35. The number of carbonyl (C=O) groups excluding carboxylic acids is 2. The molecule has 0 saturated carbocycles. The molecule has 3 rings (SSSR count). The van der Waals surface area contributed by atoms with E-state index in [0.29, 0.717) is 33.9 Å². The molecule has 0 saturated heterocycles. The summed E-state index contributed by atoms with van der Waals surface area (Å²) in [6.45, 7) is 2.77. The molecule has 40 heavy (non-hydrogen) atoms. The number of hydrogen-bond acceptors (Lipinski definition) is 4. The third-order valence-electron chi connectivity index (χ3n) is 6.03. The Hall–Kier alpha value is -3.57. The van der Waals surface area contributed by atoms with Crippen molar-refractivity contribution < 1.29 is 31.2 Å². The van der Waals surface area contributed by atoms with Gasteiger partial charge in [0, 0.05) is 18.1 Å². The van der Waals surface area contributed by atoms with Crippen LogP contribution in [0.5, 0.6) is 0 Å². The van der Waals surface area contributed by atoms with Crippen LogP contribution in [0, 0.1) is 0 Å². The minimum Gasteiger partial charge on any atom is -0.354 e. The van der Waals surface area contributed by atoms with E-state index in [1.54, 1.807) is 30.3 Å². The number of nitrogens with zero attached hydrogens (tertiary/aromatic N) is 2. The van der Waals surface area contributed by atoms with Crippen molar-refractivity contribution in [3.05, 3.63) is 95.0 Å². The molecule has 0 radical (unpaired) electrons. The van der Waals surface area contributed by atoms with Crippen LogP contribution in [0.2, 0.25) is 5.02 Å². The molecule has 1 N–H and O–H groups in total. The van der Waals surface area contributed by atoms with Crippen LogP contribution in [0.4, 0.5) is 18.9 Å². The fraction of sp³-hybridized carbons (Fsp3) is 0.286. The van der Waals surface area contributed by atoms with Gasteiger partial charge in [0.1, 0.15) is 12.6 Å². The summed E-state index contributed by atoms with van der Waals surface area (Å²) in [5, 5.41) is 3.11. The Morgan fingerprint density at radius 3 is 2.27 bits per heavy atom. The first-order valence-corrected chi connectivity index (χ1v) is 14.2. The highest BCUT2D eigenvalue weighted by Crippen LogP contribution is 2.33. The van der Waals surface area contributed by atoms with Crippen molar-refractivity contribution in [3.63, 3.8) is 0 Å². The first-order chi connectivity index (χ1) is 18.8. The molecule has 214 valence electrons. The summed E-state index contributed by atoms with van der Waals surface area (Å²) >= 11 is 6.10. The molecule has 1 unspecified atom stereocenters. The number of anilines is 1. The number of amides is 2. The Bertz CT molecular complexity index is 1440. The molecule has 0 aromatic heterocycles. The van der Waals surface area contributed by atoms with Crippen molar-refractivity contribution in [2.75, 3.05) is 17.4 Å². The van der Waals surface area contributed by atoms with Crippen LogP contribution in [-0.2, 0) is 32.3 Å². The molecule has 0 aliphatic rings. The fourth-order valence-electron chi connectivity index (χ4n) is 3.90. The molecule has 1 atom stereocenters. The quantitative estimate of drug-likeness (QED) is 0.317. The number of alkyl halides is 3. The molecule has 2 amide bonds. The van der Waals surface area contributed by atoms with Crippen molar-refractivity contribution in [2.24, 2.45) is 0 Å². The molecule has 0 fully saturated rings. The van der Waals surface area contributed by atoms with Crippen LogP contribution in [0.25, 0.3) is 0 Å². The Labute approximate surface area is 236 Å². The van der Waals surface area contributed by atoms with Crippen molar-refractivity contribution in [1.29, 1.82) is 0 Å². The van der Waals surface area contributed by atoms with Crippen LogP contribution >= 0.6 is 11.6 Å². The van der Waals surface area contributed by atoms with Crippen molar-refractivity contribution in [3.8, 4) is 0 Å². The molecule has 0 aliphatic carbocycles. The summed E-state index contributed by atoms with van der Waals surface area (Å²) in [5.41, 5.74) is -0.848. The minimum absolute atomic E-state index is 0.0953. The third kappa shape index (κ3) is 7.76. The van der Waals surface area contributed by atoms with Crippen molar-refractivity contribution in [2.45, 2.75) is 43.9 Å². The van der Waals surface area contributed by atoms with Crippen molar-refractivity contribution in [1.82, 2.24) is 10.2 Å². The monoisotopic (exact) mass is 595 g/mol. The zero-order chi connectivity index (χ0) is 29.5. The highest BCUT2D eigenvalue weighted by atomic mass is 35.5. The van der Waals surface area contributed by atoms with Gasteiger partial charge in [0.25, 0.3) is 10.0 Å². The number of nitrogens with one attached hydrogen (secondary N) is 1. The molecular weight excluding hydrogens is 567 g/mol. The zero-order valence-electron chi connectivity index (χ0n) is 21.9. The van der Waals surface area contributed by atoms with Gasteiger partial charge in [-0.1, -0.05) is 54.9 Å². The first kappa shape index (κ1) is 31.0. The van der Waals surface area contributed by atoms with Crippen molar-refractivity contribution >= 4 is 39.1 Å². The lowest BCUT2D eigenvalue weighted by Crippen LogP contribution is -2.51. The molecule has 7 nitrogen and oxygen atoms in total. The predicted molar refractivity (Wildman–Crippen MR) is 147 cm³/mol. The van der Waals surface area contributed by atoms with Crippen LogP contribution in [0.1, 0.15) is 31.4 Å². The van der Waals surface area contributed by atoms with E-state index in [2.05, 4.69) is 5.32 Å². The van der Waals surface area contributed by atoms with E-state index in [1.165, 1.54) is 42.2 Å². The molecule has 3 aromatic rings. The van der Waals surface area contributed by atoms with Gasteiger partial charge in [0.2, 0.25) is 11.8 Å². The maximum absolute atomic E-state index is 13.8. The molecule has 0 heterocycles. The second-order valence-corrected chi connectivity index (χ2v) is 11.3. The van der Waals surface area contributed by atoms with Gasteiger partial charge >= 0.3 is 6.18 Å². The summed E-state index contributed by atoms with van der Waals surface area (Å²) in [5.74, 6) is -1.26. The van der Waals surface area contributed by atoms with E-state index in [1.807, 2.05) is 6.92 Å². The van der Waals surface area contributed by atoms with Gasteiger partial charge in [-0.05, 0) is 61.4 Å². The molecule has 12 heteroatoms. The van der Waals surface area contributed by atoms with E-state index >= 15 is 0 Å². The minimum atomic E-state index is -4.74. The topological polar surface area (TPSA) is 86.8 Å². The van der Waals surface area contributed by atoms with E-state index < -0.39 is 46.2 Å². The normalized spacial score (nSPS) is 12.4. The summed E-state index contributed by atoms with van der Waals surface area (Å²) in [6.07, 6.45) is -4.09. The summed E-state index contributed by atoms with van der Waals surface area (Å²) in [7, 11) is -4.49. The van der Waals surface area contributed by atoms with Crippen LogP contribution in [0.3, 0.4) is 0 Å². The Morgan fingerprint density at radius 1 is 0.975 bits per heavy atom. The number of benzene rings is 3. The first-order valence-electron chi connectivity index (χ1n) is 12.4. The fourth-order valence-corrected chi connectivity index (χ4v) is 5.54. The second-order valence-electron chi connectivity index (χ2n) is 8.99. The Balaban J connectivity index is 2.07. The Kier molecular flexibility index (Phi) is 10.2. The number of carbonyl (C=O) groups is 2. The van der Waals surface area contributed by atoms with E-state index in [4.69, 9.17) is 11.6 Å². The van der Waals surface area contributed by atoms with E-state index in [9.17, 15) is 31.2 Å². The van der Waals surface area contributed by atoms with Gasteiger partial charge in [-0.2, -0.15) is 13.2 Å². The number of rotatable bonds is 11. The van der Waals surface area contributed by atoms with Gasteiger partial charge in [0.05, 0.1) is 16.1 Å². The molecule has 0 spiro atoms. The average Bonchev–Trinajstić information content (AvgIpc) is 2.92. The lowest BCUT2D eigenvalue weighted by atomic mass is 10.1. The molecule has 0 aliphatic heterocycles. The summed E-state index contributed by atoms with van der Waals surface area (Å²) < 4.78 is 68.5. The Morgan fingerprint density at radius 2 is 1.65 bits per heavy atom. The average molecular weight is 596 g/mol. The standard InChI is InChI=1S/C28H29ClF3N3O4S/c1-3-15-33-27(37)20(2)34(18-21-9-7-11-23(29)16-21)26(36)19-35(40(38,39)25-13-5-4-6-14-25)24-12-8-10-22(17-24)28(30,31)32/h4-14,16-17,20H,3,15,18-19H2,1-2H3,(H,33,37). The van der Waals surface area contributed by atoms with E-state index in [-0.39, 0.29) is 17.1 Å². The third-order valence-corrected chi connectivity index (χ3v) is 8.05. The highest BCUT2D eigenvalue weighted by molar-refractivity contribution is 7.92. The maximum Gasteiger partial charge on any atom is 0.416 e. The maximum atomic E-state index is 13.8. The van der Waals surface area contributed by atoms with Gasteiger partial charge < -0.3 is 10.2 Å². The second kappa shape index (κ2) is 13.2. The zero-order valence-corrected chi connectivity index (χ0v) is 23.4. The molecular formula is C28H29ClF3N3O4S. The van der Waals surface area contributed by atoms with Crippen LogP contribution in [0.15, 0.2) is 83.8 Å². The lowest BCUT2D eigenvalue weighted by molar-refractivity contribution is -0.139. The largest absolute Gasteiger partial charge is 0.416 e. The van der Waals surface area contributed by atoms with Crippen LogP contribution in [-0.4, -0.2) is 44.3 Å². The van der Waals surface area contributed by atoms with Gasteiger partial charge in [-0.15, -0.1) is 0 Å². The van der Waals surface area contributed by atoms with Gasteiger partial charge in [-0.25, -0.2) is 8.42 Å². The molecule has 0 bridgehead atoms. The van der Waals surface area contributed by atoms with E-state index in [0.717, 1.165) is 12.1 Å². The van der Waals surface area contributed by atoms with Gasteiger partial charge in [-0.3, -0.25) is 13.9 Å². The number of sulfonamides is 1.